The first-order valence-electron chi connectivity index (χ1n) is 9.78. The fourth-order valence-electron chi connectivity index (χ4n) is 4.94. The summed E-state index contributed by atoms with van der Waals surface area (Å²) in [6.45, 7) is 1.70. The highest BCUT2D eigenvalue weighted by Gasteiger charge is 2.42. The molecule has 2 N–H and O–H groups in total. The summed E-state index contributed by atoms with van der Waals surface area (Å²) in [7, 11) is 0. The molecule has 0 bridgehead atoms. The third kappa shape index (κ3) is 3.44. The number of nitrogens with zero attached hydrogens (tertiary/aromatic N) is 1. The lowest BCUT2D eigenvalue weighted by Gasteiger charge is -2.35. The average Bonchev–Trinajstić information content (AvgIpc) is 3.31. The Bertz CT molecular complexity index is 599. The van der Waals surface area contributed by atoms with Gasteiger partial charge < -0.3 is 4.90 Å². The van der Waals surface area contributed by atoms with Gasteiger partial charge in [-0.3, -0.25) is 15.6 Å². The van der Waals surface area contributed by atoms with Crippen molar-refractivity contribution in [3.63, 3.8) is 0 Å². The van der Waals surface area contributed by atoms with Crippen LogP contribution in [0, 0.1) is 11.7 Å². The molecular weight excluding hydrogens is 317 g/mol. The van der Waals surface area contributed by atoms with Crippen molar-refractivity contribution in [2.75, 3.05) is 13.1 Å². The highest BCUT2D eigenvalue weighted by molar-refractivity contribution is 5.79. The molecular formula is C20H28FN3O. The molecule has 1 saturated carbocycles. The van der Waals surface area contributed by atoms with Crippen molar-refractivity contribution >= 4 is 5.91 Å². The lowest BCUT2D eigenvalue weighted by atomic mass is 9.85. The molecule has 5 heteroatoms. The number of hydrogen-bond donors (Lipinski definition) is 2. The fourth-order valence-corrected chi connectivity index (χ4v) is 4.94. The smallest absolute Gasteiger partial charge is 0.225 e. The van der Waals surface area contributed by atoms with Crippen molar-refractivity contribution in [1.82, 2.24) is 15.8 Å². The number of hydrogen-bond acceptors (Lipinski definition) is 3. The number of carbonyl (C=O) groups excluding carboxylic acids is 1. The topological polar surface area (TPSA) is 44.4 Å². The monoisotopic (exact) mass is 345 g/mol. The lowest BCUT2D eigenvalue weighted by Crippen LogP contribution is -2.51. The Kier molecular flexibility index (Phi) is 5.04. The summed E-state index contributed by atoms with van der Waals surface area (Å²) in [6.07, 6.45) is 7.90. The summed E-state index contributed by atoms with van der Waals surface area (Å²) in [5.74, 6) is 0.668. The zero-order valence-electron chi connectivity index (χ0n) is 14.7. The molecule has 0 aromatic heterocycles. The molecule has 4 nitrogen and oxygen atoms in total. The summed E-state index contributed by atoms with van der Waals surface area (Å²) < 4.78 is 13.3. The second-order valence-electron chi connectivity index (χ2n) is 7.79. The largest absolute Gasteiger partial charge is 0.338 e. The summed E-state index contributed by atoms with van der Waals surface area (Å²) in [5, 5.41) is 0. The number of rotatable bonds is 3. The van der Waals surface area contributed by atoms with E-state index >= 15 is 0 Å². The zero-order valence-corrected chi connectivity index (χ0v) is 14.7. The van der Waals surface area contributed by atoms with Gasteiger partial charge in [-0.2, -0.15) is 0 Å². The van der Waals surface area contributed by atoms with Gasteiger partial charge in [-0.15, -0.1) is 0 Å². The maximum absolute atomic E-state index is 13.3. The van der Waals surface area contributed by atoms with Gasteiger partial charge in [0.15, 0.2) is 0 Å². The first-order chi connectivity index (χ1) is 12.2. The molecule has 25 heavy (non-hydrogen) atoms. The maximum atomic E-state index is 13.3. The van der Waals surface area contributed by atoms with Crippen LogP contribution in [-0.4, -0.2) is 36.0 Å². The Morgan fingerprint density at radius 3 is 2.56 bits per heavy atom. The highest BCUT2D eigenvalue weighted by Crippen LogP contribution is 2.34. The van der Waals surface area contributed by atoms with Crippen molar-refractivity contribution in [2.45, 2.75) is 62.9 Å². The Labute approximate surface area is 149 Å². The molecule has 2 heterocycles. The van der Waals surface area contributed by atoms with Gasteiger partial charge in [0.1, 0.15) is 5.82 Å². The van der Waals surface area contributed by atoms with Crippen LogP contribution in [0.5, 0.6) is 0 Å². The van der Waals surface area contributed by atoms with Crippen LogP contribution in [0.2, 0.25) is 0 Å². The Balaban J connectivity index is 1.50. The summed E-state index contributed by atoms with van der Waals surface area (Å²) in [5.41, 5.74) is 7.82. The van der Waals surface area contributed by atoms with Gasteiger partial charge in [-0.1, -0.05) is 31.4 Å². The minimum Gasteiger partial charge on any atom is -0.338 e. The molecule has 1 amide bonds. The SMILES string of the molecule is O=C(C1CCCCC1)N1CCCC1C1NNCC1c1ccc(F)cc1. The number of halogens is 1. The molecule has 136 valence electrons. The van der Waals surface area contributed by atoms with Crippen LogP contribution in [0.25, 0.3) is 0 Å². The van der Waals surface area contributed by atoms with E-state index < -0.39 is 0 Å². The standard InChI is InChI=1S/C20H28FN3O/c21-16-10-8-14(9-11-16)17-13-22-23-19(17)18-7-4-12-24(18)20(25)15-5-2-1-3-6-15/h8-11,15,17-19,22-23H,1-7,12-13H2. The first-order valence-corrected chi connectivity index (χ1v) is 9.78. The van der Waals surface area contributed by atoms with Crippen molar-refractivity contribution in [3.05, 3.63) is 35.6 Å². The molecule has 1 aliphatic carbocycles. The number of nitrogens with one attached hydrogen (secondary N) is 2. The van der Waals surface area contributed by atoms with Crippen LogP contribution in [0.3, 0.4) is 0 Å². The molecule has 0 spiro atoms. The van der Waals surface area contributed by atoms with Gasteiger partial charge in [0.25, 0.3) is 0 Å². The molecule has 2 saturated heterocycles. The number of likely N-dealkylation sites (tertiary alicyclic amines) is 1. The van der Waals surface area contributed by atoms with E-state index in [4.69, 9.17) is 0 Å². The van der Waals surface area contributed by atoms with Crippen LogP contribution in [-0.2, 0) is 4.79 Å². The van der Waals surface area contributed by atoms with Gasteiger partial charge in [0.05, 0.1) is 0 Å². The van der Waals surface area contributed by atoms with E-state index in [0.29, 0.717) is 5.91 Å². The molecule has 3 unspecified atom stereocenters. The number of benzene rings is 1. The van der Waals surface area contributed by atoms with Crippen molar-refractivity contribution in [1.29, 1.82) is 0 Å². The summed E-state index contributed by atoms with van der Waals surface area (Å²) in [6, 6.07) is 7.25. The minimum absolute atomic E-state index is 0.195. The van der Waals surface area contributed by atoms with Gasteiger partial charge >= 0.3 is 0 Å². The van der Waals surface area contributed by atoms with Crippen molar-refractivity contribution < 1.29 is 9.18 Å². The highest BCUT2D eigenvalue weighted by atomic mass is 19.1. The van der Waals surface area contributed by atoms with Gasteiger partial charge in [0.2, 0.25) is 5.91 Å². The van der Waals surface area contributed by atoms with Crippen molar-refractivity contribution in [2.24, 2.45) is 5.92 Å². The van der Waals surface area contributed by atoms with Crippen LogP contribution in [0.15, 0.2) is 24.3 Å². The Morgan fingerprint density at radius 2 is 1.80 bits per heavy atom. The van der Waals surface area contributed by atoms with Crippen LogP contribution in [0.1, 0.15) is 56.4 Å². The lowest BCUT2D eigenvalue weighted by molar-refractivity contribution is -0.138. The van der Waals surface area contributed by atoms with E-state index in [2.05, 4.69) is 15.8 Å². The second-order valence-corrected chi connectivity index (χ2v) is 7.79. The first kappa shape index (κ1) is 17.0. The molecule has 3 fully saturated rings. The number of carbonyl (C=O) groups is 1. The normalized spacial score (nSPS) is 30.8. The van der Waals surface area contributed by atoms with Gasteiger partial charge in [0, 0.05) is 37.0 Å². The Morgan fingerprint density at radius 1 is 1.04 bits per heavy atom. The van der Waals surface area contributed by atoms with Gasteiger partial charge in [-0.05, 0) is 43.4 Å². The Hall–Kier alpha value is -1.46. The summed E-state index contributed by atoms with van der Waals surface area (Å²) in [4.78, 5) is 15.2. The molecule has 3 aliphatic rings. The van der Waals surface area contributed by atoms with Crippen LogP contribution >= 0.6 is 0 Å². The average molecular weight is 345 g/mol. The van der Waals surface area contributed by atoms with E-state index in [1.165, 1.54) is 31.4 Å². The van der Waals surface area contributed by atoms with E-state index in [1.54, 1.807) is 0 Å². The van der Waals surface area contributed by atoms with Gasteiger partial charge in [-0.25, -0.2) is 4.39 Å². The van der Waals surface area contributed by atoms with E-state index in [0.717, 1.165) is 44.3 Å². The molecule has 4 rings (SSSR count). The van der Waals surface area contributed by atoms with Crippen molar-refractivity contribution in [3.8, 4) is 0 Å². The number of hydrazine groups is 1. The second kappa shape index (κ2) is 7.42. The molecule has 0 radical (unpaired) electrons. The third-order valence-electron chi connectivity index (χ3n) is 6.27. The molecule has 3 atom stereocenters. The predicted octanol–water partition coefficient (Wildman–Crippen LogP) is 2.96. The fraction of sp³-hybridized carbons (Fsp3) is 0.650. The zero-order chi connectivity index (χ0) is 17.2. The minimum atomic E-state index is -0.200. The number of amides is 1. The molecule has 1 aromatic carbocycles. The molecule has 1 aromatic rings. The van der Waals surface area contributed by atoms with E-state index in [1.807, 2.05) is 12.1 Å². The third-order valence-corrected chi connectivity index (χ3v) is 6.27. The quantitative estimate of drug-likeness (QED) is 0.885. The van der Waals surface area contributed by atoms with E-state index in [-0.39, 0.29) is 29.7 Å². The van der Waals surface area contributed by atoms with E-state index in [9.17, 15) is 9.18 Å². The maximum Gasteiger partial charge on any atom is 0.225 e. The molecule has 2 aliphatic heterocycles. The van der Waals surface area contributed by atoms with Crippen LogP contribution < -0.4 is 10.9 Å². The predicted molar refractivity (Wildman–Crippen MR) is 95.4 cm³/mol. The summed E-state index contributed by atoms with van der Waals surface area (Å²) >= 11 is 0. The van der Waals surface area contributed by atoms with Crippen LogP contribution in [0.4, 0.5) is 4.39 Å².